The standard InChI is InChI=1S/C24H22N4O4/c1-3-32-21-10-6-8-16(23(21)29)14-25-28-24(30)19-13-18(26-27-19)22-17-9-5-4-7-15(17)11-12-20(22)31-2/h4-14,29H,3H2,1-2H3,(H,26,27)(H,28,30)/b25-14+. The molecule has 1 heterocycles. The Morgan fingerprint density at radius 3 is 2.81 bits per heavy atom. The fraction of sp³-hybridized carbons (Fsp3) is 0.125. The number of fused-ring (bicyclic) bond motifs is 1. The Labute approximate surface area is 184 Å². The zero-order valence-electron chi connectivity index (χ0n) is 17.6. The second-order valence-electron chi connectivity index (χ2n) is 6.86. The predicted molar refractivity (Wildman–Crippen MR) is 122 cm³/mol. The number of carbonyl (C=O) groups is 1. The van der Waals surface area contributed by atoms with Crippen LogP contribution in [0.15, 0.2) is 65.8 Å². The van der Waals surface area contributed by atoms with Gasteiger partial charge in [0, 0.05) is 5.56 Å². The predicted octanol–water partition coefficient (Wildman–Crippen LogP) is 4.11. The van der Waals surface area contributed by atoms with Crippen molar-refractivity contribution in [3.05, 3.63) is 71.9 Å². The molecule has 0 spiro atoms. The molecule has 0 aliphatic heterocycles. The molecular weight excluding hydrogens is 408 g/mol. The van der Waals surface area contributed by atoms with Gasteiger partial charge in [-0.1, -0.05) is 36.4 Å². The second kappa shape index (κ2) is 9.22. The van der Waals surface area contributed by atoms with Crippen LogP contribution >= 0.6 is 0 Å². The summed E-state index contributed by atoms with van der Waals surface area (Å²) >= 11 is 0. The number of carbonyl (C=O) groups excluding carboxylic acids is 1. The first-order chi connectivity index (χ1) is 15.6. The Balaban J connectivity index is 1.55. The lowest BCUT2D eigenvalue weighted by Crippen LogP contribution is -2.18. The molecule has 0 bridgehead atoms. The summed E-state index contributed by atoms with van der Waals surface area (Å²) in [4.78, 5) is 12.5. The molecule has 0 saturated carbocycles. The van der Waals surface area contributed by atoms with Crippen LogP contribution in [0.2, 0.25) is 0 Å². The van der Waals surface area contributed by atoms with Gasteiger partial charge < -0.3 is 14.6 Å². The van der Waals surface area contributed by atoms with Crippen molar-refractivity contribution in [3.63, 3.8) is 0 Å². The Kier molecular flexibility index (Phi) is 6.03. The highest BCUT2D eigenvalue weighted by Gasteiger charge is 2.16. The smallest absolute Gasteiger partial charge is 0.289 e. The third kappa shape index (κ3) is 4.11. The lowest BCUT2D eigenvalue weighted by Gasteiger charge is -2.09. The van der Waals surface area contributed by atoms with Gasteiger partial charge in [-0.05, 0) is 42.0 Å². The lowest BCUT2D eigenvalue weighted by atomic mass is 10.0. The van der Waals surface area contributed by atoms with Crippen LogP contribution in [-0.2, 0) is 0 Å². The molecule has 1 aromatic heterocycles. The van der Waals surface area contributed by atoms with E-state index in [0.29, 0.717) is 29.4 Å². The molecule has 0 unspecified atom stereocenters. The maximum absolute atomic E-state index is 12.5. The number of nitrogens with one attached hydrogen (secondary N) is 2. The minimum atomic E-state index is -0.473. The van der Waals surface area contributed by atoms with E-state index in [9.17, 15) is 9.90 Å². The summed E-state index contributed by atoms with van der Waals surface area (Å²) in [5, 5.41) is 23.2. The number of aromatic amines is 1. The Morgan fingerprint density at radius 1 is 1.16 bits per heavy atom. The van der Waals surface area contributed by atoms with Gasteiger partial charge in [0.15, 0.2) is 11.5 Å². The zero-order chi connectivity index (χ0) is 22.5. The number of rotatable bonds is 7. The zero-order valence-corrected chi connectivity index (χ0v) is 17.6. The summed E-state index contributed by atoms with van der Waals surface area (Å²) in [5.41, 5.74) is 4.46. The van der Waals surface area contributed by atoms with E-state index < -0.39 is 5.91 Å². The van der Waals surface area contributed by atoms with Crippen LogP contribution in [-0.4, -0.2) is 41.1 Å². The highest BCUT2D eigenvalue weighted by molar-refractivity contribution is 6.00. The number of H-pyrrole nitrogens is 1. The number of amides is 1. The molecule has 0 fully saturated rings. The summed E-state index contributed by atoms with van der Waals surface area (Å²) in [7, 11) is 1.60. The number of ether oxygens (including phenoxy) is 2. The molecule has 8 nitrogen and oxygen atoms in total. The van der Waals surface area contributed by atoms with Crippen molar-refractivity contribution in [2.24, 2.45) is 5.10 Å². The summed E-state index contributed by atoms with van der Waals surface area (Å²) in [6.45, 7) is 2.25. The van der Waals surface area contributed by atoms with E-state index in [-0.39, 0.29) is 11.4 Å². The largest absolute Gasteiger partial charge is 0.504 e. The van der Waals surface area contributed by atoms with Gasteiger partial charge in [0.1, 0.15) is 11.4 Å². The molecule has 32 heavy (non-hydrogen) atoms. The minimum Gasteiger partial charge on any atom is -0.504 e. The van der Waals surface area contributed by atoms with E-state index in [0.717, 1.165) is 16.3 Å². The van der Waals surface area contributed by atoms with E-state index in [1.54, 1.807) is 31.4 Å². The number of hydrazone groups is 1. The molecule has 162 valence electrons. The van der Waals surface area contributed by atoms with Gasteiger partial charge in [-0.2, -0.15) is 10.2 Å². The molecule has 4 rings (SSSR count). The summed E-state index contributed by atoms with van der Waals surface area (Å²) in [6, 6.07) is 18.4. The molecule has 3 aromatic carbocycles. The normalized spacial score (nSPS) is 11.1. The first-order valence-electron chi connectivity index (χ1n) is 10.0. The molecule has 0 aliphatic rings. The van der Waals surface area contributed by atoms with Crippen LogP contribution in [0.3, 0.4) is 0 Å². The lowest BCUT2D eigenvalue weighted by molar-refractivity contribution is 0.0950. The number of phenols is 1. The number of phenolic OH excluding ortho intramolecular Hbond substituents is 1. The van der Waals surface area contributed by atoms with Gasteiger partial charge in [-0.15, -0.1) is 0 Å². The van der Waals surface area contributed by atoms with Crippen LogP contribution in [0.25, 0.3) is 22.0 Å². The maximum Gasteiger partial charge on any atom is 0.289 e. The molecule has 4 aromatic rings. The molecular formula is C24H22N4O4. The van der Waals surface area contributed by atoms with Gasteiger partial charge in [-0.25, -0.2) is 5.43 Å². The van der Waals surface area contributed by atoms with Crippen molar-refractivity contribution in [3.8, 4) is 28.5 Å². The number of hydrogen-bond acceptors (Lipinski definition) is 6. The minimum absolute atomic E-state index is 0.0424. The first-order valence-corrected chi connectivity index (χ1v) is 10.0. The third-order valence-corrected chi connectivity index (χ3v) is 4.89. The van der Waals surface area contributed by atoms with E-state index in [1.807, 2.05) is 43.3 Å². The van der Waals surface area contributed by atoms with Gasteiger partial charge in [0.2, 0.25) is 0 Å². The Morgan fingerprint density at radius 2 is 2.00 bits per heavy atom. The number of methoxy groups -OCH3 is 1. The van der Waals surface area contributed by atoms with Crippen LogP contribution in [0, 0.1) is 0 Å². The summed E-state index contributed by atoms with van der Waals surface area (Å²) < 4.78 is 10.9. The monoisotopic (exact) mass is 430 g/mol. The van der Waals surface area contributed by atoms with Crippen LogP contribution in [0.4, 0.5) is 0 Å². The topological polar surface area (TPSA) is 109 Å². The molecule has 0 aliphatic carbocycles. The fourth-order valence-electron chi connectivity index (χ4n) is 3.39. The SMILES string of the molecule is CCOc1cccc(/C=N/NC(=O)c2cc(-c3c(OC)ccc4ccccc34)n[nH]2)c1O. The number of aromatic nitrogens is 2. The maximum atomic E-state index is 12.5. The number of hydrogen-bond donors (Lipinski definition) is 3. The van der Waals surface area contributed by atoms with Crippen LogP contribution in [0.1, 0.15) is 23.0 Å². The van der Waals surface area contributed by atoms with Crippen molar-refractivity contribution in [1.82, 2.24) is 15.6 Å². The fourth-order valence-corrected chi connectivity index (χ4v) is 3.39. The van der Waals surface area contributed by atoms with Crippen molar-refractivity contribution in [2.75, 3.05) is 13.7 Å². The number of aromatic hydroxyl groups is 1. The van der Waals surface area contributed by atoms with E-state index in [1.165, 1.54) is 6.21 Å². The molecule has 8 heteroatoms. The van der Waals surface area contributed by atoms with Gasteiger partial charge in [0.05, 0.1) is 31.2 Å². The van der Waals surface area contributed by atoms with E-state index in [2.05, 4.69) is 20.7 Å². The molecule has 0 atom stereocenters. The number of nitrogens with zero attached hydrogens (tertiary/aromatic N) is 2. The Bertz CT molecular complexity index is 1300. The Hall–Kier alpha value is -4.33. The average Bonchev–Trinajstić information content (AvgIpc) is 3.30. The molecule has 3 N–H and O–H groups in total. The highest BCUT2D eigenvalue weighted by atomic mass is 16.5. The van der Waals surface area contributed by atoms with Crippen LogP contribution in [0.5, 0.6) is 17.2 Å². The molecule has 0 radical (unpaired) electrons. The molecule has 0 saturated heterocycles. The van der Waals surface area contributed by atoms with E-state index >= 15 is 0 Å². The van der Waals surface area contributed by atoms with E-state index in [4.69, 9.17) is 9.47 Å². The summed E-state index contributed by atoms with van der Waals surface area (Å²) in [5.74, 6) is 0.494. The van der Waals surface area contributed by atoms with Crippen molar-refractivity contribution in [2.45, 2.75) is 6.92 Å². The summed E-state index contributed by atoms with van der Waals surface area (Å²) in [6.07, 6.45) is 1.35. The quantitative estimate of drug-likeness (QED) is 0.302. The average molecular weight is 430 g/mol. The number of benzene rings is 3. The van der Waals surface area contributed by atoms with Crippen molar-refractivity contribution < 1.29 is 19.4 Å². The first kappa shape index (κ1) is 20.9. The highest BCUT2D eigenvalue weighted by Crippen LogP contribution is 2.36. The van der Waals surface area contributed by atoms with Crippen molar-refractivity contribution >= 4 is 22.9 Å². The van der Waals surface area contributed by atoms with Gasteiger partial charge in [-0.3, -0.25) is 9.89 Å². The van der Waals surface area contributed by atoms with Crippen LogP contribution < -0.4 is 14.9 Å². The van der Waals surface area contributed by atoms with Gasteiger partial charge in [0.25, 0.3) is 5.91 Å². The van der Waals surface area contributed by atoms with Gasteiger partial charge >= 0.3 is 0 Å². The number of para-hydroxylation sites is 1. The second-order valence-corrected chi connectivity index (χ2v) is 6.86. The third-order valence-electron chi connectivity index (χ3n) is 4.89. The van der Waals surface area contributed by atoms with Crippen molar-refractivity contribution in [1.29, 1.82) is 0 Å². The molecule has 1 amide bonds.